The lowest BCUT2D eigenvalue weighted by Gasteiger charge is -2.10. The maximum Gasteiger partial charge on any atom is 0.120 e. The predicted molar refractivity (Wildman–Crippen MR) is 67.3 cm³/mol. The van der Waals surface area contributed by atoms with Crippen molar-refractivity contribution in [2.45, 2.75) is 19.1 Å². The van der Waals surface area contributed by atoms with Crippen molar-refractivity contribution in [3.05, 3.63) is 28.8 Å². The van der Waals surface area contributed by atoms with Gasteiger partial charge in [-0.1, -0.05) is 11.6 Å². The van der Waals surface area contributed by atoms with E-state index in [4.69, 9.17) is 16.3 Å². The Hall–Kier alpha value is -0.810. The summed E-state index contributed by atoms with van der Waals surface area (Å²) in [6.07, 6.45) is 0.148. The molecule has 1 atom stereocenters. The molecule has 0 aliphatic heterocycles. The molecule has 4 nitrogen and oxygen atoms in total. The van der Waals surface area contributed by atoms with Gasteiger partial charge in [0.05, 0.1) is 12.7 Å². The van der Waals surface area contributed by atoms with E-state index in [1.54, 1.807) is 25.3 Å². The fraction of sp³-hybridized carbons (Fsp3) is 0.500. The first-order valence-corrected chi connectivity index (χ1v) is 5.86. The Morgan fingerprint density at radius 3 is 2.94 bits per heavy atom. The molecule has 0 saturated carbocycles. The molecule has 1 rings (SSSR count). The van der Waals surface area contributed by atoms with Gasteiger partial charge in [-0.25, -0.2) is 0 Å². The summed E-state index contributed by atoms with van der Waals surface area (Å²) < 4.78 is 4.82. The molecule has 0 fully saturated rings. The molecule has 0 aliphatic carbocycles. The van der Waals surface area contributed by atoms with Gasteiger partial charge in [0.2, 0.25) is 0 Å². The lowest BCUT2D eigenvalue weighted by Crippen LogP contribution is -2.23. The normalized spacial score (nSPS) is 12.6. The summed E-state index contributed by atoms with van der Waals surface area (Å²) in [5.41, 5.74) is 0.749. The molecule has 0 aromatic heterocycles. The number of aromatic hydroxyl groups is 1. The molecule has 0 amide bonds. The van der Waals surface area contributed by atoms with Crippen LogP contribution in [0, 0.1) is 0 Å². The average Bonchev–Trinajstić information content (AvgIpc) is 2.29. The van der Waals surface area contributed by atoms with Crippen molar-refractivity contribution in [2.24, 2.45) is 0 Å². The molecule has 0 radical (unpaired) electrons. The maximum atomic E-state index is 9.56. The zero-order valence-corrected chi connectivity index (χ0v) is 10.6. The molecule has 5 heteroatoms. The summed E-state index contributed by atoms with van der Waals surface area (Å²) in [4.78, 5) is 0. The number of phenolic OH excluding ortho intramolecular Hbond substituents is 1. The number of phenols is 1. The van der Waals surface area contributed by atoms with Crippen molar-refractivity contribution in [1.82, 2.24) is 5.32 Å². The first-order valence-electron chi connectivity index (χ1n) is 5.48. The third-order valence-electron chi connectivity index (χ3n) is 2.37. The number of aliphatic hydroxyl groups excluding tert-OH is 1. The molecule has 1 aromatic carbocycles. The topological polar surface area (TPSA) is 61.7 Å². The SMILES string of the molecule is COCC(O)CCNCc1cc(Cl)ccc1O. The fourth-order valence-corrected chi connectivity index (χ4v) is 1.66. The summed E-state index contributed by atoms with van der Waals surface area (Å²) >= 11 is 5.83. The zero-order valence-electron chi connectivity index (χ0n) is 9.82. The predicted octanol–water partition coefficient (Wildman–Crippen LogP) is 1.53. The van der Waals surface area contributed by atoms with E-state index in [-0.39, 0.29) is 5.75 Å². The van der Waals surface area contributed by atoms with Crippen LogP contribution in [-0.2, 0) is 11.3 Å². The Balaban J connectivity index is 2.28. The van der Waals surface area contributed by atoms with Crippen LogP contribution >= 0.6 is 11.6 Å². The van der Waals surface area contributed by atoms with Gasteiger partial charge in [0.1, 0.15) is 5.75 Å². The Morgan fingerprint density at radius 2 is 2.24 bits per heavy atom. The Labute approximate surface area is 106 Å². The maximum absolute atomic E-state index is 9.56. The molecule has 3 N–H and O–H groups in total. The Bertz CT molecular complexity index is 347. The van der Waals surface area contributed by atoms with Gasteiger partial charge in [0.15, 0.2) is 0 Å². The van der Waals surface area contributed by atoms with Crippen molar-refractivity contribution in [1.29, 1.82) is 0 Å². The third kappa shape index (κ3) is 5.37. The number of nitrogens with one attached hydrogen (secondary N) is 1. The van der Waals surface area contributed by atoms with E-state index in [9.17, 15) is 10.2 Å². The molecule has 17 heavy (non-hydrogen) atoms. The fourth-order valence-electron chi connectivity index (χ4n) is 1.46. The molecule has 1 unspecified atom stereocenters. The second-order valence-electron chi connectivity index (χ2n) is 3.85. The first kappa shape index (κ1) is 14.3. The average molecular weight is 260 g/mol. The highest BCUT2D eigenvalue weighted by atomic mass is 35.5. The van der Waals surface area contributed by atoms with E-state index >= 15 is 0 Å². The van der Waals surface area contributed by atoms with Crippen LogP contribution in [0.5, 0.6) is 5.75 Å². The second-order valence-corrected chi connectivity index (χ2v) is 4.28. The van der Waals surface area contributed by atoms with Crippen LogP contribution in [-0.4, -0.2) is 36.6 Å². The van der Waals surface area contributed by atoms with Crippen LogP contribution in [0.15, 0.2) is 18.2 Å². The largest absolute Gasteiger partial charge is 0.508 e. The van der Waals surface area contributed by atoms with Crippen molar-refractivity contribution >= 4 is 11.6 Å². The van der Waals surface area contributed by atoms with Crippen LogP contribution in [0.4, 0.5) is 0 Å². The van der Waals surface area contributed by atoms with Crippen molar-refractivity contribution < 1.29 is 14.9 Å². The lowest BCUT2D eigenvalue weighted by atomic mass is 10.2. The third-order valence-corrected chi connectivity index (χ3v) is 2.61. The molecule has 0 aliphatic rings. The molecule has 1 aromatic rings. The van der Waals surface area contributed by atoms with Crippen LogP contribution in [0.2, 0.25) is 5.02 Å². The summed E-state index contributed by atoms with van der Waals surface area (Å²) in [5, 5.41) is 22.7. The van der Waals surface area contributed by atoms with Crippen molar-refractivity contribution in [2.75, 3.05) is 20.3 Å². The van der Waals surface area contributed by atoms with Crippen LogP contribution in [0.25, 0.3) is 0 Å². The number of methoxy groups -OCH3 is 1. The van der Waals surface area contributed by atoms with E-state index in [1.165, 1.54) is 0 Å². The number of halogens is 1. The number of benzene rings is 1. The smallest absolute Gasteiger partial charge is 0.120 e. The van der Waals surface area contributed by atoms with Crippen LogP contribution in [0.1, 0.15) is 12.0 Å². The van der Waals surface area contributed by atoms with Gasteiger partial charge >= 0.3 is 0 Å². The molecule has 0 heterocycles. The van der Waals surface area contributed by atoms with Crippen LogP contribution in [0.3, 0.4) is 0 Å². The number of hydrogen-bond donors (Lipinski definition) is 3. The quantitative estimate of drug-likeness (QED) is 0.650. The highest BCUT2D eigenvalue weighted by Crippen LogP contribution is 2.20. The molecule has 0 spiro atoms. The molecule has 0 bridgehead atoms. The van der Waals surface area contributed by atoms with Crippen molar-refractivity contribution in [3.63, 3.8) is 0 Å². The highest BCUT2D eigenvalue weighted by Gasteiger charge is 2.04. The number of ether oxygens (including phenoxy) is 1. The van der Waals surface area contributed by atoms with E-state index in [0.717, 1.165) is 5.56 Å². The number of hydrogen-bond acceptors (Lipinski definition) is 4. The number of rotatable bonds is 7. The second kappa shape index (κ2) is 7.50. The molecule has 0 saturated heterocycles. The molecular weight excluding hydrogens is 242 g/mol. The van der Waals surface area contributed by atoms with Gasteiger partial charge in [-0.15, -0.1) is 0 Å². The minimum atomic E-state index is -0.458. The molecular formula is C12H18ClNO3. The summed E-state index contributed by atoms with van der Waals surface area (Å²) in [6.45, 7) is 1.51. The minimum Gasteiger partial charge on any atom is -0.508 e. The summed E-state index contributed by atoms with van der Waals surface area (Å²) in [5.74, 6) is 0.222. The van der Waals surface area contributed by atoms with Crippen LogP contribution < -0.4 is 5.32 Å². The van der Waals surface area contributed by atoms with Gasteiger partial charge in [-0.2, -0.15) is 0 Å². The highest BCUT2D eigenvalue weighted by molar-refractivity contribution is 6.30. The van der Waals surface area contributed by atoms with Gasteiger partial charge in [-0.3, -0.25) is 0 Å². The van der Waals surface area contributed by atoms with Gasteiger partial charge < -0.3 is 20.3 Å². The zero-order chi connectivity index (χ0) is 12.7. The molecule has 96 valence electrons. The van der Waals surface area contributed by atoms with Gasteiger partial charge in [-0.05, 0) is 31.2 Å². The minimum absolute atomic E-state index is 0.222. The van der Waals surface area contributed by atoms with E-state index < -0.39 is 6.10 Å². The lowest BCUT2D eigenvalue weighted by molar-refractivity contribution is 0.0594. The Kier molecular flexibility index (Phi) is 6.29. The van der Waals surface area contributed by atoms with Crippen molar-refractivity contribution in [3.8, 4) is 5.75 Å². The number of aliphatic hydroxyl groups is 1. The summed E-state index contributed by atoms with van der Waals surface area (Å²) in [6, 6.07) is 4.93. The standard InChI is InChI=1S/C12H18ClNO3/c1-17-8-11(15)4-5-14-7-9-6-10(13)2-3-12(9)16/h2-3,6,11,14-16H,4-5,7-8H2,1H3. The Morgan fingerprint density at radius 1 is 1.47 bits per heavy atom. The monoisotopic (exact) mass is 259 g/mol. The van der Waals surface area contributed by atoms with E-state index in [2.05, 4.69) is 5.32 Å². The first-order chi connectivity index (χ1) is 8.13. The van der Waals surface area contributed by atoms with E-state index in [1.807, 2.05) is 0 Å². The summed E-state index contributed by atoms with van der Waals surface area (Å²) in [7, 11) is 1.56. The van der Waals surface area contributed by atoms with Gasteiger partial charge in [0.25, 0.3) is 0 Å². The van der Waals surface area contributed by atoms with E-state index in [0.29, 0.717) is 31.1 Å². The van der Waals surface area contributed by atoms with Gasteiger partial charge in [0, 0.05) is 24.2 Å².